The Labute approximate surface area is 125 Å². The maximum absolute atomic E-state index is 11.7. The fraction of sp³-hybridized carbons (Fsp3) is 0.267. The van der Waals surface area contributed by atoms with E-state index in [9.17, 15) is 4.79 Å². The van der Waals surface area contributed by atoms with Crippen molar-refractivity contribution in [3.63, 3.8) is 0 Å². The zero-order valence-corrected chi connectivity index (χ0v) is 12.5. The van der Waals surface area contributed by atoms with E-state index < -0.39 is 0 Å². The number of nitrogens with zero attached hydrogens (tertiary/aromatic N) is 1. The molecule has 1 aliphatic rings. The minimum Gasteiger partial charge on any atom is -0.466 e. The van der Waals surface area contributed by atoms with Crippen LogP contribution in [0.2, 0.25) is 0 Å². The van der Waals surface area contributed by atoms with Crippen molar-refractivity contribution in [1.29, 1.82) is 0 Å². The zero-order chi connectivity index (χ0) is 13.9. The first kappa shape index (κ1) is 13.2. The highest BCUT2D eigenvalue weighted by molar-refractivity contribution is 9.10. The number of benzene rings is 1. The number of hydrogen-bond acceptors (Lipinski definition) is 3. The Morgan fingerprint density at radius 3 is 2.65 bits per heavy atom. The van der Waals surface area contributed by atoms with Gasteiger partial charge in [-0.25, -0.2) is 0 Å². The van der Waals surface area contributed by atoms with Gasteiger partial charge in [-0.1, -0.05) is 0 Å². The van der Waals surface area contributed by atoms with Gasteiger partial charge in [0.05, 0.1) is 17.3 Å². The van der Waals surface area contributed by atoms with E-state index in [-0.39, 0.29) is 5.91 Å². The highest BCUT2D eigenvalue weighted by Crippen LogP contribution is 2.24. The molecule has 3 rings (SSSR count). The van der Waals surface area contributed by atoms with Gasteiger partial charge in [0.15, 0.2) is 0 Å². The van der Waals surface area contributed by atoms with Crippen molar-refractivity contribution in [1.82, 2.24) is 0 Å². The molecule has 0 unspecified atom stereocenters. The normalized spacial score (nSPS) is 14.8. The lowest BCUT2D eigenvalue weighted by atomic mass is 10.2. The highest BCUT2D eigenvalue weighted by Gasteiger charge is 2.21. The number of nitrogens with one attached hydrogen (secondary N) is 1. The van der Waals surface area contributed by atoms with Gasteiger partial charge in [0.25, 0.3) is 0 Å². The number of furan rings is 1. The first-order valence-corrected chi connectivity index (χ1v) is 7.39. The van der Waals surface area contributed by atoms with Crippen LogP contribution in [0.4, 0.5) is 11.4 Å². The predicted octanol–water partition coefficient (Wildman–Crippen LogP) is 3.78. The number of carbonyl (C=O) groups excluding carboxylic acids is 1. The monoisotopic (exact) mass is 334 g/mol. The molecule has 0 bridgehead atoms. The van der Waals surface area contributed by atoms with E-state index in [0.717, 1.165) is 34.6 Å². The largest absolute Gasteiger partial charge is 0.466 e. The number of anilines is 2. The summed E-state index contributed by atoms with van der Waals surface area (Å²) in [6, 6.07) is 9.79. The molecule has 4 nitrogen and oxygen atoms in total. The summed E-state index contributed by atoms with van der Waals surface area (Å²) in [6.07, 6.45) is 3.26. The van der Waals surface area contributed by atoms with E-state index in [4.69, 9.17) is 4.42 Å². The molecule has 0 saturated carbocycles. The van der Waals surface area contributed by atoms with Gasteiger partial charge in [-0.2, -0.15) is 0 Å². The molecule has 1 aromatic heterocycles. The van der Waals surface area contributed by atoms with Crippen LogP contribution in [0.15, 0.2) is 45.5 Å². The second-order valence-electron chi connectivity index (χ2n) is 4.74. The first-order valence-electron chi connectivity index (χ1n) is 6.60. The molecule has 1 aliphatic heterocycles. The third-order valence-corrected chi connectivity index (χ3v) is 4.10. The molecule has 1 saturated heterocycles. The van der Waals surface area contributed by atoms with Crippen molar-refractivity contribution in [2.24, 2.45) is 0 Å². The maximum atomic E-state index is 11.7. The van der Waals surface area contributed by atoms with E-state index in [1.54, 1.807) is 6.26 Å². The van der Waals surface area contributed by atoms with Crippen LogP contribution in [0.3, 0.4) is 0 Å². The third kappa shape index (κ3) is 2.72. The standard InChI is InChI=1S/C15H15BrN2O2/c16-13-7-9-20-14(13)10-17-11-3-5-12(6-4-11)18-8-1-2-15(18)19/h3-7,9,17H,1-2,8,10H2. The summed E-state index contributed by atoms with van der Waals surface area (Å²) in [5.41, 5.74) is 1.97. The Balaban J connectivity index is 1.64. The van der Waals surface area contributed by atoms with Crippen LogP contribution in [0, 0.1) is 0 Å². The van der Waals surface area contributed by atoms with Crippen LogP contribution in [-0.2, 0) is 11.3 Å². The van der Waals surface area contributed by atoms with Gasteiger partial charge in [-0.15, -0.1) is 0 Å². The van der Waals surface area contributed by atoms with Crippen molar-refractivity contribution in [3.8, 4) is 0 Å². The van der Waals surface area contributed by atoms with E-state index >= 15 is 0 Å². The van der Waals surface area contributed by atoms with Gasteiger partial charge in [-0.3, -0.25) is 4.79 Å². The quantitative estimate of drug-likeness (QED) is 0.925. The number of hydrogen-bond donors (Lipinski definition) is 1. The summed E-state index contributed by atoms with van der Waals surface area (Å²) in [6.45, 7) is 1.44. The molecule has 104 valence electrons. The SMILES string of the molecule is O=C1CCCN1c1ccc(NCc2occc2Br)cc1. The molecule has 1 aromatic carbocycles. The van der Waals surface area contributed by atoms with Crippen LogP contribution >= 0.6 is 15.9 Å². The molecule has 0 atom stereocenters. The summed E-state index contributed by atoms with van der Waals surface area (Å²) >= 11 is 3.42. The highest BCUT2D eigenvalue weighted by atomic mass is 79.9. The van der Waals surface area contributed by atoms with E-state index in [1.165, 1.54) is 0 Å². The smallest absolute Gasteiger partial charge is 0.227 e. The van der Waals surface area contributed by atoms with Crippen molar-refractivity contribution < 1.29 is 9.21 Å². The lowest BCUT2D eigenvalue weighted by Crippen LogP contribution is -2.23. The molecule has 5 heteroatoms. The average Bonchev–Trinajstić information content (AvgIpc) is 3.06. The van der Waals surface area contributed by atoms with Crippen LogP contribution in [0.25, 0.3) is 0 Å². The number of halogens is 1. The minimum absolute atomic E-state index is 0.213. The van der Waals surface area contributed by atoms with E-state index in [0.29, 0.717) is 13.0 Å². The molecule has 20 heavy (non-hydrogen) atoms. The molecular weight excluding hydrogens is 320 g/mol. The van der Waals surface area contributed by atoms with Gasteiger partial charge < -0.3 is 14.6 Å². The number of amides is 1. The molecule has 1 fully saturated rings. The Hall–Kier alpha value is -1.75. The van der Waals surface area contributed by atoms with Gasteiger partial charge in [0.2, 0.25) is 5.91 Å². The maximum Gasteiger partial charge on any atom is 0.227 e. The van der Waals surface area contributed by atoms with Gasteiger partial charge in [-0.05, 0) is 52.7 Å². The Morgan fingerprint density at radius 2 is 2.05 bits per heavy atom. The van der Waals surface area contributed by atoms with Crippen LogP contribution < -0.4 is 10.2 Å². The molecular formula is C15H15BrN2O2. The summed E-state index contributed by atoms with van der Waals surface area (Å²) < 4.78 is 6.31. The predicted molar refractivity (Wildman–Crippen MR) is 81.8 cm³/mol. The lowest BCUT2D eigenvalue weighted by molar-refractivity contribution is -0.117. The fourth-order valence-corrected chi connectivity index (χ4v) is 2.66. The Kier molecular flexibility index (Phi) is 3.78. The van der Waals surface area contributed by atoms with Gasteiger partial charge >= 0.3 is 0 Å². The molecule has 1 amide bonds. The Bertz CT molecular complexity index is 607. The van der Waals surface area contributed by atoms with Crippen molar-refractivity contribution >= 4 is 33.2 Å². The summed E-state index contributed by atoms with van der Waals surface area (Å²) in [4.78, 5) is 13.5. The Morgan fingerprint density at radius 1 is 1.25 bits per heavy atom. The van der Waals surface area contributed by atoms with E-state index in [2.05, 4.69) is 21.2 Å². The molecule has 0 radical (unpaired) electrons. The summed E-state index contributed by atoms with van der Waals surface area (Å²) in [5.74, 6) is 1.08. The molecule has 2 heterocycles. The lowest BCUT2D eigenvalue weighted by Gasteiger charge is -2.16. The van der Waals surface area contributed by atoms with Crippen LogP contribution in [0.1, 0.15) is 18.6 Å². The number of carbonyl (C=O) groups is 1. The second-order valence-corrected chi connectivity index (χ2v) is 5.60. The minimum atomic E-state index is 0.213. The van der Waals surface area contributed by atoms with Crippen LogP contribution in [-0.4, -0.2) is 12.5 Å². The second kappa shape index (κ2) is 5.71. The topological polar surface area (TPSA) is 45.5 Å². The molecule has 0 spiro atoms. The fourth-order valence-electron chi connectivity index (χ4n) is 2.31. The number of rotatable bonds is 4. The van der Waals surface area contributed by atoms with Crippen molar-refractivity contribution in [2.45, 2.75) is 19.4 Å². The first-order chi connectivity index (χ1) is 9.74. The van der Waals surface area contributed by atoms with Crippen LogP contribution in [0.5, 0.6) is 0 Å². The van der Waals surface area contributed by atoms with Gasteiger partial charge in [0, 0.05) is 24.3 Å². The summed E-state index contributed by atoms with van der Waals surface area (Å²) in [5, 5.41) is 3.29. The van der Waals surface area contributed by atoms with Gasteiger partial charge in [0.1, 0.15) is 5.76 Å². The molecule has 0 aliphatic carbocycles. The molecule has 1 N–H and O–H groups in total. The summed E-state index contributed by atoms with van der Waals surface area (Å²) in [7, 11) is 0. The average molecular weight is 335 g/mol. The third-order valence-electron chi connectivity index (χ3n) is 3.40. The van der Waals surface area contributed by atoms with E-state index in [1.807, 2.05) is 35.2 Å². The van der Waals surface area contributed by atoms with Crippen molar-refractivity contribution in [3.05, 3.63) is 46.8 Å². The zero-order valence-electron chi connectivity index (χ0n) is 10.9. The van der Waals surface area contributed by atoms with Crippen molar-refractivity contribution in [2.75, 3.05) is 16.8 Å². The molecule has 2 aromatic rings.